The molecule has 0 aromatic rings. The van der Waals surface area contributed by atoms with Crippen molar-refractivity contribution in [3.63, 3.8) is 0 Å². The summed E-state index contributed by atoms with van der Waals surface area (Å²) in [7, 11) is -1.61. The van der Waals surface area contributed by atoms with Crippen LogP contribution in [0.5, 0.6) is 0 Å². The van der Waals surface area contributed by atoms with E-state index in [0.717, 1.165) is 51.6 Å². The van der Waals surface area contributed by atoms with Crippen molar-refractivity contribution < 1.29 is 13.5 Å². The molecule has 19 heavy (non-hydrogen) atoms. The van der Waals surface area contributed by atoms with Gasteiger partial charge >= 0.3 is 0 Å². The molecule has 0 spiro atoms. The maximum Gasteiger partial charge on any atom is 0.214 e. The first kappa shape index (κ1) is 15.2. The quantitative estimate of drug-likeness (QED) is 0.793. The summed E-state index contributed by atoms with van der Waals surface area (Å²) in [4.78, 5) is 0. The summed E-state index contributed by atoms with van der Waals surface area (Å²) in [6.07, 6.45) is 4.87. The summed E-state index contributed by atoms with van der Waals surface area (Å²) < 4.78 is 26.3. The third-order valence-corrected chi connectivity index (χ3v) is 6.55. The highest BCUT2D eigenvalue weighted by molar-refractivity contribution is 7.89. The maximum absolute atomic E-state index is 12.4. The highest BCUT2D eigenvalue weighted by Crippen LogP contribution is 2.25. The van der Waals surface area contributed by atoms with Crippen molar-refractivity contribution >= 4 is 10.0 Å². The van der Waals surface area contributed by atoms with Gasteiger partial charge in [-0.3, -0.25) is 0 Å². The first-order chi connectivity index (χ1) is 9.00. The molecule has 1 saturated heterocycles. The van der Waals surface area contributed by atoms with E-state index in [4.69, 9.17) is 0 Å². The molecule has 1 aliphatic carbocycles. The number of hydrogen-bond acceptors (Lipinski definition) is 4. The van der Waals surface area contributed by atoms with Crippen molar-refractivity contribution in [3.8, 4) is 0 Å². The number of hydrogen-bond donors (Lipinski definition) is 2. The van der Waals surface area contributed by atoms with Gasteiger partial charge in [0.2, 0.25) is 10.0 Å². The Labute approximate surface area is 116 Å². The highest BCUT2D eigenvalue weighted by Gasteiger charge is 2.34. The minimum atomic E-state index is -3.25. The van der Waals surface area contributed by atoms with Crippen LogP contribution in [0.15, 0.2) is 0 Å². The lowest BCUT2D eigenvalue weighted by atomic mass is 9.93. The molecule has 112 valence electrons. The van der Waals surface area contributed by atoms with Crippen molar-refractivity contribution in [1.29, 1.82) is 0 Å². The fourth-order valence-electron chi connectivity index (χ4n) is 3.19. The highest BCUT2D eigenvalue weighted by atomic mass is 32.2. The zero-order valence-electron chi connectivity index (χ0n) is 11.7. The summed E-state index contributed by atoms with van der Waals surface area (Å²) in [6.45, 7) is 1.83. The summed E-state index contributed by atoms with van der Waals surface area (Å²) >= 11 is 0. The predicted molar refractivity (Wildman–Crippen MR) is 75.4 cm³/mol. The van der Waals surface area contributed by atoms with Crippen LogP contribution in [0.25, 0.3) is 0 Å². The third-order valence-electron chi connectivity index (χ3n) is 4.50. The molecule has 2 unspecified atom stereocenters. The number of likely N-dealkylation sites (N-methyl/N-ethyl adjacent to an activating group) is 1. The van der Waals surface area contributed by atoms with Crippen LogP contribution in [0.1, 0.15) is 38.5 Å². The van der Waals surface area contributed by atoms with Crippen molar-refractivity contribution in [2.45, 2.75) is 50.7 Å². The minimum Gasteiger partial charge on any atom is -0.391 e. The van der Waals surface area contributed by atoms with E-state index in [9.17, 15) is 13.5 Å². The molecule has 0 amide bonds. The molecule has 2 aliphatic rings. The average Bonchev–Trinajstić information content (AvgIpc) is 2.39. The second-order valence-electron chi connectivity index (χ2n) is 5.91. The van der Waals surface area contributed by atoms with Crippen LogP contribution in [0.4, 0.5) is 0 Å². The molecule has 0 aromatic heterocycles. The lowest BCUT2D eigenvalue weighted by Crippen LogP contribution is -2.48. The Bertz CT molecular complexity index is 379. The number of sulfonamides is 1. The molecule has 2 N–H and O–H groups in total. The topological polar surface area (TPSA) is 69.6 Å². The van der Waals surface area contributed by atoms with Crippen molar-refractivity contribution in [2.24, 2.45) is 5.92 Å². The van der Waals surface area contributed by atoms with Crippen LogP contribution in [-0.4, -0.2) is 55.9 Å². The van der Waals surface area contributed by atoms with Gasteiger partial charge in [0.25, 0.3) is 0 Å². The van der Waals surface area contributed by atoms with E-state index in [0.29, 0.717) is 0 Å². The van der Waals surface area contributed by atoms with Crippen molar-refractivity contribution in [1.82, 2.24) is 9.62 Å². The van der Waals surface area contributed by atoms with Gasteiger partial charge in [-0.15, -0.1) is 0 Å². The van der Waals surface area contributed by atoms with Crippen LogP contribution in [0.2, 0.25) is 0 Å². The van der Waals surface area contributed by atoms with Gasteiger partial charge < -0.3 is 10.4 Å². The van der Waals surface area contributed by atoms with Gasteiger partial charge in [0.05, 0.1) is 17.9 Å². The van der Waals surface area contributed by atoms with Gasteiger partial charge in [-0.25, -0.2) is 8.42 Å². The standard InChI is InChI=1S/C13H26N2O3S/c1-15(12-4-2-3-5-13(12)16)19(17,18)10-11-6-8-14-9-7-11/h11-14,16H,2-10H2,1H3. The van der Waals surface area contributed by atoms with Crippen LogP contribution in [-0.2, 0) is 10.0 Å². The first-order valence-corrected chi connectivity index (χ1v) is 8.96. The fraction of sp³-hybridized carbons (Fsp3) is 1.00. The van der Waals surface area contributed by atoms with E-state index >= 15 is 0 Å². The third kappa shape index (κ3) is 3.90. The van der Waals surface area contributed by atoms with Gasteiger partial charge in [0.15, 0.2) is 0 Å². The number of aliphatic hydroxyl groups excluding tert-OH is 1. The van der Waals surface area contributed by atoms with Gasteiger partial charge in [0, 0.05) is 7.05 Å². The van der Waals surface area contributed by atoms with Gasteiger partial charge in [-0.05, 0) is 44.7 Å². The minimum absolute atomic E-state index is 0.222. The molecule has 2 atom stereocenters. The summed E-state index contributed by atoms with van der Waals surface area (Å²) in [6, 6.07) is -0.222. The Morgan fingerprint density at radius 1 is 1.16 bits per heavy atom. The summed E-state index contributed by atoms with van der Waals surface area (Å²) in [5.41, 5.74) is 0. The van der Waals surface area contributed by atoms with Crippen LogP contribution < -0.4 is 5.32 Å². The van der Waals surface area contributed by atoms with Gasteiger partial charge in [-0.2, -0.15) is 4.31 Å². The molecular formula is C13H26N2O3S. The molecule has 6 heteroatoms. The second-order valence-corrected chi connectivity index (χ2v) is 7.98. The van der Waals surface area contributed by atoms with Crippen LogP contribution >= 0.6 is 0 Å². The Hall–Kier alpha value is -0.170. The smallest absolute Gasteiger partial charge is 0.214 e. The Morgan fingerprint density at radius 3 is 2.42 bits per heavy atom. The Kier molecular flexibility index (Phi) is 5.22. The molecule has 0 aromatic carbocycles. The predicted octanol–water partition coefficient (Wildman–Crippen LogP) is 0.551. The number of piperidine rings is 1. The Balaban J connectivity index is 1.97. The fourth-order valence-corrected chi connectivity index (χ4v) is 5.01. The molecule has 1 aliphatic heterocycles. The van der Waals surface area contributed by atoms with Crippen molar-refractivity contribution in [2.75, 3.05) is 25.9 Å². The SMILES string of the molecule is CN(C1CCCCC1O)S(=O)(=O)CC1CCNCC1. The van der Waals surface area contributed by atoms with Gasteiger partial charge in [-0.1, -0.05) is 12.8 Å². The molecule has 2 rings (SSSR count). The molecule has 0 radical (unpaired) electrons. The van der Waals surface area contributed by atoms with E-state index in [-0.39, 0.29) is 17.7 Å². The zero-order chi connectivity index (χ0) is 13.9. The number of rotatable bonds is 4. The van der Waals surface area contributed by atoms with E-state index in [1.165, 1.54) is 4.31 Å². The molecule has 0 bridgehead atoms. The molecule has 1 saturated carbocycles. The molecule has 2 fully saturated rings. The van der Waals surface area contributed by atoms with Gasteiger partial charge in [0.1, 0.15) is 0 Å². The van der Waals surface area contributed by atoms with Crippen molar-refractivity contribution in [3.05, 3.63) is 0 Å². The lowest BCUT2D eigenvalue weighted by Gasteiger charge is -2.35. The summed E-state index contributed by atoms with van der Waals surface area (Å²) in [5, 5.41) is 13.2. The number of nitrogens with zero attached hydrogens (tertiary/aromatic N) is 1. The van der Waals surface area contributed by atoms with Crippen LogP contribution in [0, 0.1) is 5.92 Å². The first-order valence-electron chi connectivity index (χ1n) is 7.35. The van der Waals surface area contributed by atoms with E-state index in [2.05, 4.69) is 5.32 Å². The molecular weight excluding hydrogens is 264 g/mol. The number of nitrogens with one attached hydrogen (secondary N) is 1. The average molecular weight is 290 g/mol. The second kappa shape index (κ2) is 6.52. The van der Waals surface area contributed by atoms with Crippen LogP contribution in [0.3, 0.4) is 0 Å². The van der Waals surface area contributed by atoms with E-state index in [1.807, 2.05) is 0 Å². The normalized spacial score (nSPS) is 30.7. The largest absolute Gasteiger partial charge is 0.391 e. The monoisotopic (exact) mass is 290 g/mol. The maximum atomic E-state index is 12.4. The zero-order valence-corrected chi connectivity index (χ0v) is 12.5. The van der Waals surface area contributed by atoms with E-state index in [1.54, 1.807) is 7.05 Å². The Morgan fingerprint density at radius 2 is 1.79 bits per heavy atom. The molecule has 5 nitrogen and oxygen atoms in total. The number of aliphatic hydroxyl groups is 1. The summed E-state index contributed by atoms with van der Waals surface area (Å²) in [5.74, 6) is 0.489. The lowest BCUT2D eigenvalue weighted by molar-refractivity contribution is 0.0636. The van der Waals surface area contributed by atoms with E-state index < -0.39 is 16.1 Å². The molecule has 1 heterocycles.